The zero-order valence-electron chi connectivity index (χ0n) is 17.6. The summed E-state index contributed by atoms with van der Waals surface area (Å²) in [5.41, 5.74) is 0.443. The highest BCUT2D eigenvalue weighted by Gasteiger charge is 2.17. The molecule has 0 aliphatic heterocycles. The van der Waals surface area contributed by atoms with E-state index in [-0.39, 0.29) is 40.5 Å². The van der Waals surface area contributed by atoms with Gasteiger partial charge in [0.15, 0.2) is 4.80 Å². The third kappa shape index (κ3) is 6.39. The fourth-order valence-electron chi connectivity index (χ4n) is 3.49. The smallest absolute Gasteiger partial charge is 0.325 e. The number of methoxy groups -OCH3 is 1. The molecule has 1 heterocycles. The van der Waals surface area contributed by atoms with E-state index >= 15 is 0 Å². The predicted molar refractivity (Wildman–Crippen MR) is 121 cm³/mol. The summed E-state index contributed by atoms with van der Waals surface area (Å²) in [5.74, 6) is -0.918. The van der Waals surface area contributed by atoms with E-state index in [0.29, 0.717) is 10.2 Å². The number of thioether (sulfide) groups is 1. The SMILES string of the molecule is COC(=O)Cn1c(=NC(=O)CSCC(=O)NC2CCCCC2)sc2cc([N+](=O)[O-])ccc21. The molecule has 1 N–H and O–H groups in total. The summed E-state index contributed by atoms with van der Waals surface area (Å²) >= 11 is 2.25. The van der Waals surface area contributed by atoms with Crippen molar-refractivity contribution in [2.24, 2.45) is 4.99 Å². The Labute approximate surface area is 192 Å². The van der Waals surface area contributed by atoms with Crippen LogP contribution in [0.25, 0.3) is 10.2 Å². The fourth-order valence-corrected chi connectivity index (χ4v) is 5.18. The molecule has 1 aliphatic carbocycles. The lowest BCUT2D eigenvalue weighted by atomic mass is 9.95. The van der Waals surface area contributed by atoms with Crippen LogP contribution in [0.3, 0.4) is 0 Å². The molecule has 10 nitrogen and oxygen atoms in total. The van der Waals surface area contributed by atoms with Gasteiger partial charge in [-0.3, -0.25) is 24.5 Å². The number of nitrogens with zero attached hydrogens (tertiary/aromatic N) is 3. The number of hydrogen-bond acceptors (Lipinski definition) is 8. The van der Waals surface area contributed by atoms with Crippen molar-refractivity contribution in [1.29, 1.82) is 0 Å². The molecule has 0 bridgehead atoms. The number of nitrogens with one attached hydrogen (secondary N) is 1. The highest BCUT2D eigenvalue weighted by atomic mass is 32.2. The molecule has 0 saturated heterocycles. The summed E-state index contributed by atoms with van der Waals surface area (Å²) in [6, 6.07) is 4.44. The number of nitro groups is 1. The minimum Gasteiger partial charge on any atom is -0.468 e. The number of amides is 2. The normalized spacial score (nSPS) is 15.0. The summed E-state index contributed by atoms with van der Waals surface area (Å²) < 4.78 is 6.73. The lowest BCUT2D eigenvalue weighted by Gasteiger charge is -2.22. The Bertz CT molecular complexity index is 1090. The molecule has 32 heavy (non-hydrogen) atoms. The third-order valence-electron chi connectivity index (χ3n) is 5.04. The molecule has 1 saturated carbocycles. The number of rotatable bonds is 8. The van der Waals surface area contributed by atoms with E-state index in [0.717, 1.165) is 37.0 Å². The van der Waals surface area contributed by atoms with E-state index in [9.17, 15) is 24.5 Å². The van der Waals surface area contributed by atoms with E-state index in [2.05, 4.69) is 10.3 Å². The summed E-state index contributed by atoms with van der Waals surface area (Å²) in [7, 11) is 1.25. The Kier molecular flexibility index (Phi) is 8.39. The van der Waals surface area contributed by atoms with Gasteiger partial charge in [-0.05, 0) is 18.9 Å². The number of ether oxygens (including phenoxy) is 1. The maximum atomic E-state index is 12.4. The van der Waals surface area contributed by atoms with Gasteiger partial charge in [-0.25, -0.2) is 0 Å². The second kappa shape index (κ2) is 11.2. The number of non-ortho nitro benzene ring substituents is 1. The van der Waals surface area contributed by atoms with Gasteiger partial charge in [0.2, 0.25) is 5.91 Å². The van der Waals surface area contributed by atoms with Crippen LogP contribution in [0.1, 0.15) is 32.1 Å². The van der Waals surface area contributed by atoms with E-state index in [4.69, 9.17) is 4.74 Å². The van der Waals surface area contributed by atoms with Gasteiger partial charge in [-0.15, -0.1) is 11.8 Å². The van der Waals surface area contributed by atoms with Crippen LogP contribution in [0.4, 0.5) is 5.69 Å². The van der Waals surface area contributed by atoms with Crippen molar-refractivity contribution < 1.29 is 24.0 Å². The summed E-state index contributed by atoms with van der Waals surface area (Å²) in [4.78, 5) is 51.2. The predicted octanol–water partition coefficient (Wildman–Crippen LogP) is 2.39. The standard InChI is InChI=1S/C20H24N4O6S2/c1-30-19(27)10-23-15-8-7-14(24(28)29)9-16(15)32-20(23)22-18(26)12-31-11-17(25)21-13-5-3-2-4-6-13/h7-9,13H,2-6,10-12H2,1H3,(H,21,25). The lowest BCUT2D eigenvalue weighted by Crippen LogP contribution is -2.37. The highest BCUT2D eigenvalue weighted by molar-refractivity contribution is 8.00. The first-order valence-corrected chi connectivity index (χ1v) is 12.1. The molecule has 0 spiro atoms. The molecule has 2 amide bonds. The number of esters is 1. The van der Waals surface area contributed by atoms with Crippen molar-refractivity contribution in [3.8, 4) is 0 Å². The summed E-state index contributed by atoms with van der Waals surface area (Å²) in [5, 5.41) is 14.1. The number of hydrogen-bond donors (Lipinski definition) is 1. The van der Waals surface area contributed by atoms with Crippen molar-refractivity contribution >= 4 is 56.8 Å². The van der Waals surface area contributed by atoms with Crippen LogP contribution in [-0.2, 0) is 25.7 Å². The van der Waals surface area contributed by atoms with Gasteiger partial charge in [0.1, 0.15) is 6.54 Å². The number of fused-ring (bicyclic) bond motifs is 1. The first-order chi connectivity index (χ1) is 15.4. The van der Waals surface area contributed by atoms with Crippen molar-refractivity contribution in [1.82, 2.24) is 9.88 Å². The van der Waals surface area contributed by atoms with E-state index in [1.807, 2.05) is 0 Å². The average Bonchev–Trinajstić information content (AvgIpc) is 3.10. The van der Waals surface area contributed by atoms with Crippen LogP contribution in [-0.4, -0.2) is 51.9 Å². The monoisotopic (exact) mass is 480 g/mol. The Morgan fingerprint density at radius 1 is 1.28 bits per heavy atom. The zero-order chi connectivity index (χ0) is 23.1. The number of nitro benzene ring substituents is 1. The first-order valence-electron chi connectivity index (χ1n) is 10.2. The molecule has 2 aromatic rings. The van der Waals surface area contributed by atoms with Crippen LogP contribution in [0.15, 0.2) is 23.2 Å². The summed E-state index contributed by atoms with van der Waals surface area (Å²) in [6.45, 7) is -0.183. The van der Waals surface area contributed by atoms with Crippen LogP contribution < -0.4 is 10.1 Å². The zero-order valence-corrected chi connectivity index (χ0v) is 19.2. The number of carbonyl (C=O) groups is 3. The van der Waals surface area contributed by atoms with Crippen LogP contribution in [0.2, 0.25) is 0 Å². The van der Waals surface area contributed by atoms with Gasteiger partial charge in [-0.2, -0.15) is 4.99 Å². The van der Waals surface area contributed by atoms with Crippen LogP contribution in [0, 0.1) is 10.1 Å². The Balaban J connectivity index is 1.70. The van der Waals surface area contributed by atoms with Crippen molar-refractivity contribution in [2.45, 2.75) is 44.7 Å². The van der Waals surface area contributed by atoms with Crippen molar-refractivity contribution in [3.05, 3.63) is 33.1 Å². The second-order valence-corrected chi connectivity index (χ2v) is 9.35. The van der Waals surface area contributed by atoms with Gasteiger partial charge in [0, 0.05) is 18.2 Å². The van der Waals surface area contributed by atoms with Crippen LogP contribution >= 0.6 is 23.1 Å². The van der Waals surface area contributed by atoms with Gasteiger partial charge in [0.05, 0.1) is 33.8 Å². The van der Waals surface area contributed by atoms with Gasteiger partial charge < -0.3 is 14.6 Å². The van der Waals surface area contributed by atoms with Crippen LogP contribution in [0.5, 0.6) is 0 Å². The molecule has 172 valence electrons. The maximum Gasteiger partial charge on any atom is 0.325 e. The number of thiazole rings is 1. The Morgan fingerprint density at radius 3 is 2.72 bits per heavy atom. The largest absolute Gasteiger partial charge is 0.468 e. The average molecular weight is 481 g/mol. The van der Waals surface area contributed by atoms with E-state index in [1.165, 1.54) is 48.1 Å². The molecule has 12 heteroatoms. The molecular formula is C20H24N4O6S2. The van der Waals surface area contributed by atoms with E-state index in [1.54, 1.807) is 0 Å². The molecular weight excluding hydrogens is 456 g/mol. The molecule has 1 aromatic heterocycles. The van der Waals surface area contributed by atoms with Gasteiger partial charge in [0.25, 0.3) is 11.6 Å². The molecule has 3 rings (SSSR count). The second-order valence-electron chi connectivity index (χ2n) is 7.36. The third-order valence-corrected chi connectivity index (χ3v) is 7.00. The quantitative estimate of drug-likeness (QED) is 0.348. The van der Waals surface area contributed by atoms with Crippen molar-refractivity contribution in [2.75, 3.05) is 18.6 Å². The first kappa shape index (κ1) is 23.9. The summed E-state index contributed by atoms with van der Waals surface area (Å²) in [6.07, 6.45) is 5.45. The topological polar surface area (TPSA) is 133 Å². The molecule has 0 atom stereocenters. The number of aromatic nitrogens is 1. The molecule has 0 unspecified atom stereocenters. The van der Waals surface area contributed by atoms with Gasteiger partial charge in [-0.1, -0.05) is 30.6 Å². The van der Waals surface area contributed by atoms with Gasteiger partial charge >= 0.3 is 5.97 Å². The minimum atomic E-state index is -0.536. The molecule has 1 aromatic carbocycles. The maximum absolute atomic E-state index is 12.4. The number of carbonyl (C=O) groups excluding carboxylic acids is 3. The lowest BCUT2D eigenvalue weighted by molar-refractivity contribution is -0.384. The van der Waals surface area contributed by atoms with E-state index < -0.39 is 16.8 Å². The fraction of sp³-hybridized carbons (Fsp3) is 0.500. The molecule has 1 fully saturated rings. The highest BCUT2D eigenvalue weighted by Crippen LogP contribution is 2.23. The Hall–Kier alpha value is -2.73. The molecule has 0 radical (unpaired) electrons. The Morgan fingerprint density at radius 2 is 2.03 bits per heavy atom. The minimum absolute atomic E-state index is 0.00467. The number of benzene rings is 1. The molecule has 1 aliphatic rings. The van der Waals surface area contributed by atoms with Crippen molar-refractivity contribution in [3.63, 3.8) is 0 Å².